The summed E-state index contributed by atoms with van der Waals surface area (Å²) in [7, 11) is -4.64. The van der Waals surface area contributed by atoms with Crippen LogP contribution in [0.1, 0.15) is 187 Å². The number of carbonyl (C=O) groups excluding carboxylic acids is 1. The molecule has 356 valence electrons. The molecule has 0 bridgehead atoms. The second kappa shape index (κ2) is 46.2. The SMILES string of the molecule is CC/C=C\C/C=C\C/C=C\C/C=C\C/C=C\C/C=C\C/C=C\CCCCOCC(COP(=O)(O)OCC(N)C(=O)O)OC(=O)CCCCCCCCCCCCCCCCCC. The average molecular weight is 890 g/mol. The van der Waals surface area contributed by atoms with Gasteiger partial charge in [-0.3, -0.25) is 18.6 Å². The van der Waals surface area contributed by atoms with E-state index in [2.05, 4.69) is 98.9 Å². The maximum absolute atomic E-state index is 12.7. The third kappa shape index (κ3) is 45.2. The van der Waals surface area contributed by atoms with Crippen LogP contribution in [0, 0.1) is 0 Å². The summed E-state index contributed by atoms with van der Waals surface area (Å²) in [6.07, 6.45) is 59.3. The summed E-state index contributed by atoms with van der Waals surface area (Å²) in [6, 6.07) is -1.48. The fourth-order valence-electron chi connectivity index (χ4n) is 6.23. The number of allylic oxidation sites excluding steroid dienone is 14. The van der Waals surface area contributed by atoms with Crippen molar-refractivity contribution >= 4 is 19.8 Å². The number of aliphatic carboxylic acids is 1. The predicted octanol–water partition coefficient (Wildman–Crippen LogP) is 13.9. The van der Waals surface area contributed by atoms with E-state index in [1.54, 1.807) is 0 Å². The molecule has 62 heavy (non-hydrogen) atoms. The van der Waals surface area contributed by atoms with Gasteiger partial charge in [-0.25, -0.2) is 4.57 Å². The zero-order valence-electron chi connectivity index (χ0n) is 38.9. The minimum atomic E-state index is -4.64. The maximum atomic E-state index is 12.7. The third-order valence-corrected chi connectivity index (χ3v) is 10.9. The molecule has 10 nitrogen and oxygen atoms in total. The van der Waals surface area contributed by atoms with Crippen molar-refractivity contribution in [2.24, 2.45) is 5.73 Å². The van der Waals surface area contributed by atoms with Crippen molar-refractivity contribution in [2.75, 3.05) is 26.4 Å². The molecule has 0 saturated heterocycles. The number of unbranched alkanes of at least 4 members (excludes halogenated alkanes) is 17. The summed E-state index contributed by atoms with van der Waals surface area (Å²) < 4.78 is 33.4. The summed E-state index contributed by atoms with van der Waals surface area (Å²) in [5.74, 6) is -1.80. The highest BCUT2D eigenvalue weighted by Crippen LogP contribution is 2.43. The fourth-order valence-corrected chi connectivity index (χ4v) is 7.01. The van der Waals surface area contributed by atoms with E-state index in [0.29, 0.717) is 13.0 Å². The van der Waals surface area contributed by atoms with Crippen molar-refractivity contribution in [3.63, 3.8) is 0 Å². The highest BCUT2D eigenvalue weighted by molar-refractivity contribution is 7.47. The molecule has 0 rings (SSSR count). The Kier molecular flexibility index (Phi) is 44.0. The minimum Gasteiger partial charge on any atom is -0.480 e. The van der Waals surface area contributed by atoms with E-state index >= 15 is 0 Å². The molecule has 0 aromatic rings. The van der Waals surface area contributed by atoms with Gasteiger partial charge in [0.25, 0.3) is 0 Å². The summed E-state index contributed by atoms with van der Waals surface area (Å²) in [6.45, 7) is 3.66. The quantitative estimate of drug-likeness (QED) is 0.0233. The van der Waals surface area contributed by atoms with Crippen molar-refractivity contribution in [3.05, 3.63) is 85.1 Å². The lowest BCUT2D eigenvalue weighted by Gasteiger charge is -2.20. The predicted molar refractivity (Wildman–Crippen MR) is 258 cm³/mol. The van der Waals surface area contributed by atoms with Crippen LogP contribution in [0.2, 0.25) is 0 Å². The molecule has 0 fully saturated rings. The fraction of sp³-hybridized carbons (Fsp3) is 0.686. The molecule has 0 aromatic carbocycles. The van der Waals surface area contributed by atoms with Crippen LogP contribution in [-0.4, -0.2) is 60.5 Å². The molecule has 0 spiro atoms. The molecular weight excluding hydrogens is 802 g/mol. The van der Waals surface area contributed by atoms with Crippen LogP contribution in [0.3, 0.4) is 0 Å². The monoisotopic (exact) mass is 890 g/mol. The van der Waals surface area contributed by atoms with Crippen LogP contribution in [0.4, 0.5) is 0 Å². The lowest BCUT2D eigenvalue weighted by atomic mass is 10.0. The van der Waals surface area contributed by atoms with E-state index < -0.39 is 45.1 Å². The van der Waals surface area contributed by atoms with Crippen LogP contribution in [0.15, 0.2) is 85.1 Å². The van der Waals surface area contributed by atoms with Gasteiger partial charge in [-0.15, -0.1) is 0 Å². The van der Waals surface area contributed by atoms with Crippen molar-refractivity contribution in [3.8, 4) is 0 Å². The van der Waals surface area contributed by atoms with E-state index in [4.69, 9.17) is 29.4 Å². The Bertz CT molecular complexity index is 1310. The molecule has 0 radical (unpaired) electrons. The Morgan fingerprint density at radius 2 is 0.935 bits per heavy atom. The number of carboxylic acid groups (broad SMARTS) is 1. The van der Waals surface area contributed by atoms with Gasteiger partial charge >= 0.3 is 19.8 Å². The van der Waals surface area contributed by atoms with Crippen LogP contribution < -0.4 is 5.73 Å². The molecule has 0 aliphatic heterocycles. The van der Waals surface area contributed by atoms with Crippen LogP contribution in [0.25, 0.3) is 0 Å². The summed E-state index contributed by atoms with van der Waals surface area (Å²) >= 11 is 0. The van der Waals surface area contributed by atoms with E-state index in [1.807, 2.05) is 0 Å². The molecule has 0 aliphatic rings. The topological polar surface area (TPSA) is 155 Å². The number of nitrogens with two attached hydrogens (primary N) is 1. The van der Waals surface area contributed by atoms with Crippen molar-refractivity contribution < 1.29 is 42.7 Å². The van der Waals surface area contributed by atoms with Gasteiger partial charge in [-0.2, -0.15) is 0 Å². The molecule has 0 aromatic heterocycles. The normalized spacial score (nSPS) is 14.5. The van der Waals surface area contributed by atoms with Crippen molar-refractivity contribution in [1.82, 2.24) is 0 Å². The molecule has 0 saturated carbocycles. The molecule has 0 amide bonds. The van der Waals surface area contributed by atoms with Gasteiger partial charge < -0.3 is 25.2 Å². The number of phosphoric acid groups is 1. The second-order valence-electron chi connectivity index (χ2n) is 15.9. The number of esters is 1. The molecule has 0 heterocycles. The first-order valence-electron chi connectivity index (χ1n) is 24.1. The molecule has 3 unspecified atom stereocenters. The summed E-state index contributed by atoms with van der Waals surface area (Å²) in [5, 5.41) is 8.92. The van der Waals surface area contributed by atoms with E-state index in [1.165, 1.54) is 77.0 Å². The summed E-state index contributed by atoms with van der Waals surface area (Å²) in [5.41, 5.74) is 5.36. The Hall–Kier alpha value is -2.85. The lowest BCUT2D eigenvalue weighted by molar-refractivity contribution is -0.154. The number of rotatable bonds is 45. The largest absolute Gasteiger partial charge is 0.480 e. The highest BCUT2D eigenvalue weighted by Gasteiger charge is 2.27. The number of carboxylic acids is 1. The number of hydrogen-bond donors (Lipinski definition) is 3. The summed E-state index contributed by atoms with van der Waals surface area (Å²) in [4.78, 5) is 33.6. The molecule has 4 N–H and O–H groups in total. The van der Waals surface area contributed by atoms with Gasteiger partial charge in [0, 0.05) is 13.0 Å². The Morgan fingerprint density at radius 1 is 0.532 bits per heavy atom. The molecule has 0 aliphatic carbocycles. The van der Waals surface area contributed by atoms with Gasteiger partial charge in [0.2, 0.25) is 0 Å². The maximum Gasteiger partial charge on any atom is 0.472 e. The van der Waals surface area contributed by atoms with Gasteiger partial charge in [0.15, 0.2) is 0 Å². The van der Waals surface area contributed by atoms with Gasteiger partial charge in [-0.1, -0.05) is 195 Å². The van der Waals surface area contributed by atoms with Crippen molar-refractivity contribution in [2.45, 2.75) is 199 Å². The lowest BCUT2D eigenvalue weighted by Crippen LogP contribution is -2.34. The first-order chi connectivity index (χ1) is 30.2. The average Bonchev–Trinajstić information content (AvgIpc) is 3.25. The van der Waals surface area contributed by atoms with Gasteiger partial charge in [0.05, 0.1) is 19.8 Å². The highest BCUT2D eigenvalue weighted by atomic mass is 31.2. The number of hydrogen-bond acceptors (Lipinski definition) is 8. The minimum absolute atomic E-state index is 0.0160. The Balaban J connectivity index is 4.28. The Morgan fingerprint density at radius 3 is 1.37 bits per heavy atom. The number of phosphoric ester groups is 1. The van der Waals surface area contributed by atoms with E-state index in [9.17, 15) is 19.0 Å². The van der Waals surface area contributed by atoms with Crippen LogP contribution in [0.5, 0.6) is 0 Å². The molecule has 11 heteroatoms. The van der Waals surface area contributed by atoms with Gasteiger partial charge in [-0.05, 0) is 70.6 Å². The first-order valence-corrected chi connectivity index (χ1v) is 25.6. The number of ether oxygens (including phenoxy) is 2. The molecule has 3 atom stereocenters. The number of carbonyl (C=O) groups is 2. The Labute approximate surface area is 377 Å². The zero-order chi connectivity index (χ0) is 45.5. The first kappa shape index (κ1) is 59.1. The van der Waals surface area contributed by atoms with Gasteiger partial charge in [0.1, 0.15) is 12.1 Å². The van der Waals surface area contributed by atoms with Crippen molar-refractivity contribution in [1.29, 1.82) is 0 Å². The molecular formula is C51H88NO9P. The van der Waals surface area contributed by atoms with E-state index in [-0.39, 0.29) is 13.0 Å². The zero-order valence-corrected chi connectivity index (χ0v) is 39.8. The van der Waals surface area contributed by atoms with Crippen LogP contribution >= 0.6 is 7.82 Å². The van der Waals surface area contributed by atoms with Crippen LogP contribution in [-0.2, 0) is 32.7 Å². The second-order valence-corrected chi connectivity index (χ2v) is 17.3. The third-order valence-electron chi connectivity index (χ3n) is 9.94. The smallest absolute Gasteiger partial charge is 0.472 e. The standard InChI is InChI=1S/C51H88NO9P/c1-3-5-7-9-11-13-15-17-19-21-22-23-24-25-26-27-28-30-32-34-36-38-40-42-44-58-45-48(46-59-62(56,57)60-47-49(52)51(54)55)61-50(53)43-41-39-37-35-33-31-29-20-18-16-14-12-10-8-6-4-2/h5,7,11,13,17,19,22-23,25-26,28,30,34,36,48-49H,3-4,6,8-10,12,14-16,18,20-21,24,27,29,31-33,35,37-47,52H2,1-2H3,(H,54,55)(H,56,57)/b7-5-,13-11-,19-17-,23-22-,26-25-,30-28-,36-34-. The van der Waals surface area contributed by atoms with E-state index in [0.717, 1.165) is 83.5 Å².